The van der Waals surface area contributed by atoms with Gasteiger partial charge in [0.2, 0.25) is 11.8 Å². The van der Waals surface area contributed by atoms with E-state index in [2.05, 4.69) is 5.10 Å². The molecule has 0 spiro atoms. The number of aromatic nitrogens is 2. The molecule has 1 saturated heterocycles. The minimum absolute atomic E-state index is 0.170. The average molecular weight is 284 g/mol. The molecule has 1 aromatic carbocycles. The SMILES string of the molecule is Cn1cc(CN)c(N2C(=O)CC(c3ccccc3)C2=O)n1. The van der Waals surface area contributed by atoms with Gasteiger partial charge < -0.3 is 5.73 Å². The Kier molecular flexibility index (Phi) is 3.31. The Morgan fingerprint density at radius 3 is 2.67 bits per heavy atom. The summed E-state index contributed by atoms with van der Waals surface area (Å²) >= 11 is 0. The van der Waals surface area contributed by atoms with Gasteiger partial charge in [-0.25, -0.2) is 4.90 Å². The highest BCUT2D eigenvalue weighted by molar-refractivity contribution is 6.22. The molecule has 1 fully saturated rings. The molecule has 1 aliphatic heterocycles. The van der Waals surface area contributed by atoms with Crippen LogP contribution in [0.25, 0.3) is 0 Å². The van der Waals surface area contributed by atoms with Crippen molar-refractivity contribution in [3.8, 4) is 0 Å². The van der Waals surface area contributed by atoms with E-state index >= 15 is 0 Å². The number of carbonyl (C=O) groups excluding carboxylic acids is 2. The van der Waals surface area contributed by atoms with E-state index in [0.717, 1.165) is 5.56 Å². The first-order valence-electron chi connectivity index (χ1n) is 6.76. The normalized spacial score (nSPS) is 18.6. The van der Waals surface area contributed by atoms with Crippen molar-refractivity contribution in [2.75, 3.05) is 4.90 Å². The third kappa shape index (κ3) is 2.23. The highest BCUT2D eigenvalue weighted by atomic mass is 16.2. The van der Waals surface area contributed by atoms with Gasteiger partial charge in [-0.05, 0) is 5.56 Å². The van der Waals surface area contributed by atoms with Crippen molar-refractivity contribution in [2.24, 2.45) is 12.8 Å². The first-order chi connectivity index (χ1) is 10.1. The highest BCUT2D eigenvalue weighted by Crippen LogP contribution is 2.33. The van der Waals surface area contributed by atoms with Crippen molar-refractivity contribution in [2.45, 2.75) is 18.9 Å². The third-order valence-electron chi connectivity index (χ3n) is 3.66. The molecule has 2 aromatic rings. The van der Waals surface area contributed by atoms with Gasteiger partial charge in [-0.1, -0.05) is 30.3 Å². The lowest BCUT2D eigenvalue weighted by atomic mass is 9.98. The van der Waals surface area contributed by atoms with Crippen molar-refractivity contribution in [1.82, 2.24) is 9.78 Å². The molecule has 108 valence electrons. The fraction of sp³-hybridized carbons (Fsp3) is 0.267. The van der Waals surface area contributed by atoms with Gasteiger partial charge in [0.15, 0.2) is 5.82 Å². The molecular weight excluding hydrogens is 268 g/mol. The third-order valence-corrected chi connectivity index (χ3v) is 3.66. The lowest BCUT2D eigenvalue weighted by Gasteiger charge is -2.13. The maximum absolute atomic E-state index is 12.6. The van der Waals surface area contributed by atoms with Crippen molar-refractivity contribution in [1.29, 1.82) is 0 Å². The minimum Gasteiger partial charge on any atom is -0.326 e. The van der Waals surface area contributed by atoms with Gasteiger partial charge in [0.25, 0.3) is 0 Å². The van der Waals surface area contributed by atoms with Crippen LogP contribution in [-0.2, 0) is 23.2 Å². The predicted octanol–water partition coefficient (Wildman–Crippen LogP) is 0.926. The summed E-state index contributed by atoms with van der Waals surface area (Å²) in [6.45, 7) is 0.232. The second-order valence-electron chi connectivity index (χ2n) is 5.09. The van der Waals surface area contributed by atoms with Crippen LogP contribution in [-0.4, -0.2) is 21.6 Å². The quantitative estimate of drug-likeness (QED) is 0.850. The second-order valence-corrected chi connectivity index (χ2v) is 5.09. The van der Waals surface area contributed by atoms with Gasteiger partial charge in [0.05, 0.1) is 5.92 Å². The van der Waals surface area contributed by atoms with E-state index in [1.807, 2.05) is 30.3 Å². The van der Waals surface area contributed by atoms with Crippen LogP contribution in [0.3, 0.4) is 0 Å². The maximum atomic E-state index is 12.6. The summed E-state index contributed by atoms with van der Waals surface area (Å²) in [6, 6.07) is 9.33. The summed E-state index contributed by atoms with van der Waals surface area (Å²) in [5.41, 5.74) is 7.20. The lowest BCUT2D eigenvalue weighted by Crippen LogP contribution is -2.31. The molecule has 6 heteroatoms. The van der Waals surface area contributed by atoms with Crippen molar-refractivity contribution < 1.29 is 9.59 Å². The summed E-state index contributed by atoms with van der Waals surface area (Å²) in [5.74, 6) is -0.554. The zero-order valence-corrected chi connectivity index (χ0v) is 11.7. The van der Waals surface area contributed by atoms with E-state index in [-0.39, 0.29) is 24.8 Å². The van der Waals surface area contributed by atoms with Crippen molar-refractivity contribution in [3.05, 3.63) is 47.7 Å². The zero-order valence-electron chi connectivity index (χ0n) is 11.7. The number of anilines is 1. The maximum Gasteiger partial charge on any atom is 0.243 e. The van der Waals surface area contributed by atoms with E-state index in [9.17, 15) is 9.59 Å². The van der Waals surface area contributed by atoms with Gasteiger partial charge in [-0.15, -0.1) is 0 Å². The van der Waals surface area contributed by atoms with Gasteiger partial charge >= 0.3 is 0 Å². The molecule has 0 saturated carbocycles. The number of imide groups is 1. The topological polar surface area (TPSA) is 81.2 Å². The molecule has 21 heavy (non-hydrogen) atoms. The first kappa shape index (κ1) is 13.5. The number of hydrogen-bond acceptors (Lipinski definition) is 4. The average Bonchev–Trinajstić information content (AvgIpc) is 2.99. The minimum atomic E-state index is -0.439. The molecule has 3 rings (SSSR count). The lowest BCUT2D eigenvalue weighted by molar-refractivity contribution is -0.121. The summed E-state index contributed by atoms with van der Waals surface area (Å²) in [7, 11) is 1.74. The molecule has 2 N–H and O–H groups in total. The molecule has 1 aromatic heterocycles. The van der Waals surface area contributed by atoms with Crippen molar-refractivity contribution >= 4 is 17.6 Å². The molecule has 1 unspecified atom stereocenters. The Morgan fingerprint density at radius 2 is 2.00 bits per heavy atom. The standard InChI is InChI=1S/C15H16N4O2/c1-18-9-11(8-16)14(17-18)19-13(20)7-12(15(19)21)10-5-3-2-4-6-10/h2-6,9,12H,7-8,16H2,1H3. The van der Waals surface area contributed by atoms with Crippen LogP contribution < -0.4 is 10.6 Å². The zero-order chi connectivity index (χ0) is 15.0. The second kappa shape index (κ2) is 5.14. The fourth-order valence-electron chi connectivity index (χ4n) is 2.66. The van der Waals surface area contributed by atoms with E-state index in [1.165, 1.54) is 4.90 Å². The number of carbonyl (C=O) groups is 2. The van der Waals surface area contributed by atoms with E-state index in [1.54, 1.807) is 17.9 Å². The molecule has 6 nitrogen and oxygen atoms in total. The number of benzene rings is 1. The Balaban J connectivity index is 1.98. The Morgan fingerprint density at radius 1 is 1.29 bits per heavy atom. The first-order valence-corrected chi connectivity index (χ1v) is 6.76. The molecule has 1 atom stereocenters. The number of aryl methyl sites for hydroxylation is 1. The number of amides is 2. The smallest absolute Gasteiger partial charge is 0.243 e. The summed E-state index contributed by atoms with van der Waals surface area (Å²) < 4.78 is 1.56. The Labute approximate surface area is 122 Å². The summed E-state index contributed by atoms with van der Waals surface area (Å²) in [6.07, 6.45) is 1.90. The Hall–Kier alpha value is -2.47. The van der Waals surface area contributed by atoms with Gasteiger partial charge in [-0.2, -0.15) is 5.10 Å². The monoisotopic (exact) mass is 284 g/mol. The number of nitrogens with zero attached hydrogens (tertiary/aromatic N) is 3. The number of rotatable bonds is 3. The van der Waals surface area contributed by atoms with E-state index < -0.39 is 5.92 Å². The van der Waals surface area contributed by atoms with E-state index in [0.29, 0.717) is 11.4 Å². The largest absolute Gasteiger partial charge is 0.326 e. The molecule has 2 amide bonds. The fourth-order valence-corrected chi connectivity index (χ4v) is 2.66. The van der Waals surface area contributed by atoms with Crippen LogP contribution in [0.2, 0.25) is 0 Å². The highest BCUT2D eigenvalue weighted by Gasteiger charge is 2.42. The molecule has 0 aliphatic carbocycles. The molecule has 1 aliphatic rings. The summed E-state index contributed by atoms with van der Waals surface area (Å²) in [4.78, 5) is 26.0. The van der Waals surface area contributed by atoms with Gasteiger partial charge in [0.1, 0.15) is 0 Å². The van der Waals surface area contributed by atoms with Crippen LogP contribution in [0.1, 0.15) is 23.5 Å². The molecular formula is C15H16N4O2. The van der Waals surface area contributed by atoms with Crippen molar-refractivity contribution in [3.63, 3.8) is 0 Å². The van der Waals surface area contributed by atoms with Crippen LogP contribution in [0.4, 0.5) is 5.82 Å². The molecule has 0 radical (unpaired) electrons. The van der Waals surface area contributed by atoms with Crippen LogP contribution in [0.15, 0.2) is 36.5 Å². The number of nitrogens with two attached hydrogens (primary N) is 1. The predicted molar refractivity (Wildman–Crippen MR) is 77.4 cm³/mol. The van der Waals surface area contributed by atoms with Gasteiger partial charge in [0, 0.05) is 31.8 Å². The van der Waals surface area contributed by atoms with Crippen LogP contribution >= 0.6 is 0 Å². The van der Waals surface area contributed by atoms with Crippen LogP contribution in [0.5, 0.6) is 0 Å². The molecule has 2 heterocycles. The van der Waals surface area contributed by atoms with Crippen LogP contribution in [0, 0.1) is 0 Å². The van der Waals surface area contributed by atoms with E-state index in [4.69, 9.17) is 5.73 Å². The van der Waals surface area contributed by atoms with Gasteiger partial charge in [-0.3, -0.25) is 14.3 Å². The summed E-state index contributed by atoms with van der Waals surface area (Å²) in [5, 5.41) is 4.21. The Bertz CT molecular complexity index is 693. The molecule has 0 bridgehead atoms. The number of hydrogen-bond donors (Lipinski definition) is 1.